The zero-order valence-corrected chi connectivity index (χ0v) is 10.9. The van der Waals surface area contributed by atoms with E-state index in [1.807, 2.05) is 24.3 Å². The highest BCUT2D eigenvalue weighted by Crippen LogP contribution is 2.12. The van der Waals surface area contributed by atoms with E-state index in [-0.39, 0.29) is 5.91 Å². The first-order chi connectivity index (χ1) is 8.15. The van der Waals surface area contributed by atoms with E-state index < -0.39 is 0 Å². The number of aryl methyl sites for hydroxylation is 1. The van der Waals surface area contributed by atoms with E-state index in [1.165, 1.54) is 0 Å². The molecule has 0 atom stereocenters. The highest BCUT2D eigenvalue weighted by Gasteiger charge is 2.06. The number of nitrogens with zero attached hydrogens (tertiary/aromatic N) is 2. The van der Waals surface area contributed by atoms with E-state index >= 15 is 0 Å². The second kappa shape index (κ2) is 5.14. The lowest BCUT2D eigenvalue weighted by Crippen LogP contribution is -2.16. The quantitative estimate of drug-likeness (QED) is 0.944. The first-order valence-electron chi connectivity index (χ1n) is 5.17. The number of halogens is 1. The van der Waals surface area contributed by atoms with E-state index in [0.29, 0.717) is 12.2 Å². The standard InChI is InChI=1S/C12H12BrN3O/c1-16-11(5-6-14-16)15-12(17)8-9-3-2-4-10(13)7-9/h2-7H,8H2,1H3,(H,15,17). The minimum absolute atomic E-state index is 0.0494. The molecule has 2 aromatic rings. The third kappa shape index (κ3) is 3.17. The largest absolute Gasteiger partial charge is 0.311 e. The average molecular weight is 294 g/mol. The number of aromatic nitrogens is 2. The number of nitrogens with one attached hydrogen (secondary N) is 1. The molecule has 1 N–H and O–H groups in total. The van der Waals surface area contributed by atoms with Gasteiger partial charge in [-0.1, -0.05) is 28.1 Å². The first kappa shape index (κ1) is 11.9. The summed E-state index contributed by atoms with van der Waals surface area (Å²) < 4.78 is 2.60. The van der Waals surface area contributed by atoms with Crippen molar-refractivity contribution >= 4 is 27.7 Å². The summed E-state index contributed by atoms with van der Waals surface area (Å²) in [6, 6.07) is 9.47. The Labute approximate surface area is 108 Å². The number of amides is 1. The fourth-order valence-corrected chi connectivity index (χ4v) is 1.96. The van der Waals surface area contributed by atoms with Gasteiger partial charge in [0.2, 0.25) is 5.91 Å². The molecule has 1 aromatic heterocycles. The zero-order chi connectivity index (χ0) is 12.3. The summed E-state index contributed by atoms with van der Waals surface area (Å²) in [7, 11) is 1.79. The third-order valence-corrected chi connectivity index (χ3v) is 2.84. The first-order valence-corrected chi connectivity index (χ1v) is 5.97. The van der Waals surface area contributed by atoms with Crippen LogP contribution in [0.4, 0.5) is 5.82 Å². The van der Waals surface area contributed by atoms with E-state index in [2.05, 4.69) is 26.3 Å². The van der Waals surface area contributed by atoms with Crippen LogP contribution in [0, 0.1) is 0 Å². The van der Waals surface area contributed by atoms with Crippen molar-refractivity contribution in [1.29, 1.82) is 0 Å². The van der Waals surface area contributed by atoms with Gasteiger partial charge in [-0.05, 0) is 17.7 Å². The highest BCUT2D eigenvalue weighted by atomic mass is 79.9. The third-order valence-electron chi connectivity index (χ3n) is 2.34. The van der Waals surface area contributed by atoms with Crippen LogP contribution < -0.4 is 5.32 Å². The van der Waals surface area contributed by atoms with Crippen molar-refractivity contribution in [3.8, 4) is 0 Å². The highest BCUT2D eigenvalue weighted by molar-refractivity contribution is 9.10. The number of hydrogen-bond donors (Lipinski definition) is 1. The van der Waals surface area contributed by atoms with Crippen molar-refractivity contribution in [3.05, 3.63) is 46.6 Å². The molecule has 0 unspecified atom stereocenters. The summed E-state index contributed by atoms with van der Waals surface area (Å²) in [6.45, 7) is 0. The summed E-state index contributed by atoms with van der Waals surface area (Å²) >= 11 is 3.38. The predicted octanol–water partition coefficient (Wildman–Crippen LogP) is 2.36. The summed E-state index contributed by atoms with van der Waals surface area (Å²) in [6.07, 6.45) is 2.00. The van der Waals surface area contributed by atoms with Gasteiger partial charge < -0.3 is 5.32 Å². The maximum absolute atomic E-state index is 11.8. The van der Waals surface area contributed by atoms with E-state index in [4.69, 9.17) is 0 Å². The van der Waals surface area contributed by atoms with Crippen LogP contribution in [0.5, 0.6) is 0 Å². The smallest absolute Gasteiger partial charge is 0.229 e. The summed E-state index contributed by atoms with van der Waals surface area (Å²) in [5.74, 6) is 0.650. The average Bonchev–Trinajstić information content (AvgIpc) is 2.64. The van der Waals surface area contributed by atoms with Gasteiger partial charge in [-0.15, -0.1) is 0 Å². The Kier molecular flexibility index (Phi) is 3.58. The van der Waals surface area contributed by atoms with Crippen molar-refractivity contribution in [2.45, 2.75) is 6.42 Å². The molecule has 5 heteroatoms. The van der Waals surface area contributed by atoms with Crippen LogP contribution in [0.2, 0.25) is 0 Å². The lowest BCUT2D eigenvalue weighted by Gasteiger charge is -2.05. The van der Waals surface area contributed by atoms with Crippen LogP contribution in [0.1, 0.15) is 5.56 Å². The van der Waals surface area contributed by atoms with Gasteiger partial charge in [0, 0.05) is 17.6 Å². The SMILES string of the molecule is Cn1nccc1NC(=O)Cc1cccc(Br)c1. The van der Waals surface area contributed by atoms with Gasteiger partial charge in [0.05, 0.1) is 12.6 Å². The normalized spacial score (nSPS) is 10.2. The molecule has 4 nitrogen and oxygen atoms in total. The maximum Gasteiger partial charge on any atom is 0.229 e. The summed E-state index contributed by atoms with van der Waals surface area (Å²) in [5.41, 5.74) is 0.971. The fourth-order valence-electron chi connectivity index (χ4n) is 1.52. The van der Waals surface area contributed by atoms with Crippen molar-refractivity contribution in [3.63, 3.8) is 0 Å². The number of hydrogen-bond acceptors (Lipinski definition) is 2. The monoisotopic (exact) mass is 293 g/mol. The van der Waals surface area contributed by atoms with Crippen LogP contribution in [-0.4, -0.2) is 15.7 Å². The molecule has 0 aliphatic carbocycles. The molecule has 0 saturated carbocycles. The Morgan fingerprint density at radius 1 is 1.47 bits per heavy atom. The number of carbonyl (C=O) groups excluding carboxylic acids is 1. The van der Waals surface area contributed by atoms with E-state index in [1.54, 1.807) is 24.0 Å². The minimum Gasteiger partial charge on any atom is -0.311 e. The number of carbonyl (C=O) groups is 1. The molecule has 1 aromatic carbocycles. The van der Waals surface area contributed by atoms with Gasteiger partial charge in [0.1, 0.15) is 5.82 Å². The zero-order valence-electron chi connectivity index (χ0n) is 9.35. The Morgan fingerprint density at radius 3 is 2.94 bits per heavy atom. The molecule has 17 heavy (non-hydrogen) atoms. The number of rotatable bonds is 3. The van der Waals surface area contributed by atoms with Gasteiger partial charge in [-0.3, -0.25) is 9.48 Å². The van der Waals surface area contributed by atoms with E-state index in [0.717, 1.165) is 10.0 Å². The second-order valence-electron chi connectivity index (χ2n) is 3.69. The summed E-state index contributed by atoms with van der Waals surface area (Å²) in [4.78, 5) is 11.8. The van der Waals surface area contributed by atoms with Crippen LogP contribution in [0.25, 0.3) is 0 Å². The molecular weight excluding hydrogens is 282 g/mol. The van der Waals surface area contributed by atoms with Crippen molar-refractivity contribution in [2.75, 3.05) is 5.32 Å². The summed E-state index contributed by atoms with van der Waals surface area (Å²) in [5, 5.41) is 6.79. The molecule has 0 spiro atoms. The molecule has 0 bridgehead atoms. The van der Waals surface area contributed by atoms with Crippen molar-refractivity contribution < 1.29 is 4.79 Å². The van der Waals surface area contributed by atoms with Crippen molar-refractivity contribution in [2.24, 2.45) is 7.05 Å². The molecule has 0 aliphatic rings. The Hall–Kier alpha value is -1.62. The van der Waals surface area contributed by atoms with Gasteiger partial charge >= 0.3 is 0 Å². The van der Waals surface area contributed by atoms with Gasteiger partial charge in [-0.2, -0.15) is 5.10 Å². The maximum atomic E-state index is 11.8. The van der Waals surface area contributed by atoms with Gasteiger partial charge in [0.25, 0.3) is 0 Å². The Bertz CT molecular complexity index is 536. The molecule has 0 aliphatic heterocycles. The Morgan fingerprint density at radius 2 is 2.29 bits per heavy atom. The molecule has 1 heterocycles. The van der Waals surface area contributed by atoms with Crippen molar-refractivity contribution in [1.82, 2.24) is 9.78 Å². The molecule has 0 fully saturated rings. The molecule has 2 rings (SSSR count). The van der Waals surface area contributed by atoms with Crippen LogP contribution in [0.3, 0.4) is 0 Å². The fraction of sp³-hybridized carbons (Fsp3) is 0.167. The molecular formula is C12H12BrN3O. The lowest BCUT2D eigenvalue weighted by atomic mass is 10.1. The Balaban J connectivity index is 2.01. The molecule has 1 amide bonds. The van der Waals surface area contributed by atoms with Gasteiger partial charge in [0.15, 0.2) is 0 Å². The topological polar surface area (TPSA) is 46.9 Å². The molecule has 88 valence electrons. The molecule has 0 saturated heterocycles. The van der Waals surface area contributed by atoms with Crippen LogP contribution in [-0.2, 0) is 18.3 Å². The number of benzene rings is 1. The molecule has 0 radical (unpaired) electrons. The van der Waals surface area contributed by atoms with E-state index in [9.17, 15) is 4.79 Å². The minimum atomic E-state index is -0.0494. The van der Waals surface area contributed by atoms with Gasteiger partial charge in [-0.25, -0.2) is 0 Å². The van der Waals surface area contributed by atoms with Crippen LogP contribution in [0.15, 0.2) is 41.0 Å². The number of anilines is 1. The van der Waals surface area contributed by atoms with Crippen LogP contribution >= 0.6 is 15.9 Å². The second-order valence-corrected chi connectivity index (χ2v) is 4.61. The lowest BCUT2D eigenvalue weighted by molar-refractivity contribution is -0.115. The predicted molar refractivity (Wildman–Crippen MR) is 69.7 cm³/mol.